The van der Waals surface area contributed by atoms with Gasteiger partial charge in [0.2, 0.25) is 0 Å². The fourth-order valence-corrected chi connectivity index (χ4v) is 3.33. The molecule has 0 aliphatic carbocycles. The molecule has 1 atom stereocenters. The van der Waals surface area contributed by atoms with Gasteiger partial charge in [-0.2, -0.15) is 0 Å². The Bertz CT molecular complexity index is 677. The Morgan fingerprint density at radius 1 is 1.35 bits per heavy atom. The number of para-hydroxylation sites is 1. The average molecular weight is 311 g/mol. The van der Waals surface area contributed by atoms with Crippen molar-refractivity contribution in [2.45, 2.75) is 12.6 Å². The van der Waals surface area contributed by atoms with Crippen LogP contribution in [0.4, 0.5) is 0 Å². The van der Waals surface area contributed by atoms with Gasteiger partial charge in [0.05, 0.1) is 16.1 Å². The third kappa shape index (κ3) is 2.51. The molecule has 1 aliphatic rings. The summed E-state index contributed by atoms with van der Waals surface area (Å²) in [6, 6.07) is 6.40. The third-order valence-corrected chi connectivity index (χ3v) is 4.77. The van der Waals surface area contributed by atoms with Gasteiger partial charge >= 0.3 is 0 Å². The molecule has 0 bridgehead atoms. The minimum Gasteiger partial charge on any atom is -0.329 e. The topological polar surface area (TPSA) is 27.2 Å². The van der Waals surface area contributed by atoms with E-state index in [1.165, 1.54) is 0 Å². The molecule has 1 saturated heterocycles. The molecule has 108 valence electrons. The Hall–Kier alpha value is -0.880. The molecule has 2 aromatic rings. The lowest BCUT2D eigenvalue weighted by Crippen LogP contribution is -2.51. The standard InChI is InChI=1S/C14H19ClN4S/c1-17-6-7-18(2)10(8-17)9-19-12-5-3-4-11(15)13(12)16-14(19)20/h3-5,10H,6-9H2,1-2H3,(H,16,20). The summed E-state index contributed by atoms with van der Waals surface area (Å²) in [4.78, 5) is 8.00. The number of imidazole rings is 1. The molecule has 0 amide bonds. The molecule has 4 nitrogen and oxygen atoms in total. The molecule has 1 unspecified atom stereocenters. The molecule has 1 fully saturated rings. The van der Waals surface area contributed by atoms with Gasteiger partial charge in [-0.3, -0.25) is 4.90 Å². The number of hydrogen-bond acceptors (Lipinski definition) is 3. The molecule has 1 N–H and O–H groups in total. The van der Waals surface area contributed by atoms with Crippen LogP contribution >= 0.6 is 23.8 Å². The van der Waals surface area contributed by atoms with Gasteiger partial charge in [0.1, 0.15) is 0 Å². The molecular weight excluding hydrogens is 292 g/mol. The molecule has 1 aromatic heterocycles. The molecule has 0 saturated carbocycles. The van der Waals surface area contributed by atoms with Crippen LogP contribution in [0.15, 0.2) is 18.2 Å². The van der Waals surface area contributed by atoms with Gasteiger partial charge in [-0.25, -0.2) is 0 Å². The van der Waals surface area contributed by atoms with E-state index < -0.39 is 0 Å². The van der Waals surface area contributed by atoms with Crippen molar-refractivity contribution in [3.8, 4) is 0 Å². The van der Waals surface area contributed by atoms with Gasteiger partial charge in [-0.15, -0.1) is 0 Å². The number of fused-ring (bicyclic) bond motifs is 1. The summed E-state index contributed by atoms with van der Waals surface area (Å²) >= 11 is 11.7. The molecule has 1 aliphatic heterocycles. The van der Waals surface area contributed by atoms with Gasteiger partial charge in [-0.1, -0.05) is 17.7 Å². The predicted molar refractivity (Wildman–Crippen MR) is 86.0 cm³/mol. The Labute approximate surface area is 128 Å². The first-order valence-corrected chi connectivity index (χ1v) is 7.60. The highest BCUT2D eigenvalue weighted by atomic mass is 35.5. The van der Waals surface area contributed by atoms with Gasteiger partial charge in [0, 0.05) is 32.2 Å². The van der Waals surface area contributed by atoms with Gasteiger partial charge in [-0.05, 0) is 38.4 Å². The number of halogens is 1. The van der Waals surface area contributed by atoms with Gasteiger partial charge in [0.15, 0.2) is 4.77 Å². The zero-order chi connectivity index (χ0) is 14.3. The van der Waals surface area contributed by atoms with Crippen LogP contribution in [0.5, 0.6) is 0 Å². The van der Waals surface area contributed by atoms with Crippen molar-refractivity contribution in [3.63, 3.8) is 0 Å². The zero-order valence-electron chi connectivity index (χ0n) is 11.8. The molecule has 2 heterocycles. The molecule has 0 spiro atoms. The van der Waals surface area contributed by atoms with Crippen molar-refractivity contribution in [2.75, 3.05) is 33.7 Å². The first-order valence-electron chi connectivity index (χ1n) is 6.82. The summed E-state index contributed by atoms with van der Waals surface area (Å²) in [6.45, 7) is 4.17. The van der Waals surface area contributed by atoms with E-state index in [1.807, 2.05) is 12.1 Å². The fourth-order valence-electron chi connectivity index (χ4n) is 2.84. The van der Waals surface area contributed by atoms with Crippen LogP contribution in [0, 0.1) is 4.77 Å². The predicted octanol–water partition coefficient (Wildman–Crippen LogP) is 2.60. The highest BCUT2D eigenvalue weighted by Gasteiger charge is 2.23. The number of hydrogen-bond donors (Lipinski definition) is 1. The van der Waals surface area contributed by atoms with Crippen LogP contribution in [-0.2, 0) is 6.54 Å². The summed E-state index contributed by atoms with van der Waals surface area (Å²) < 4.78 is 2.91. The second-order valence-electron chi connectivity index (χ2n) is 5.57. The number of aromatic amines is 1. The van der Waals surface area contributed by atoms with Crippen LogP contribution in [0.2, 0.25) is 5.02 Å². The number of nitrogens with zero attached hydrogens (tertiary/aromatic N) is 3. The number of H-pyrrole nitrogens is 1. The summed E-state index contributed by atoms with van der Waals surface area (Å²) in [7, 11) is 4.36. The van der Waals surface area contributed by atoms with Crippen LogP contribution in [-0.4, -0.2) is 59.1 Å². The van der Waals surface area contributed by atoms with E-state index in [4.69, 9.17) is 23.8 Å². The van der Waals surface area contributed by atoms with Crippen molar-refractivity contribution >= 4 is 34.9 Å². The lowest BCUT2D eigenvalue weighted by molar-refractivity contribution is 0.103. The van der Waals surface area contributed by atoms with Crippen molar-refractivity contribution in [1.82, 2.24) is 19.4 Å². The van der Waals surface area contributed by atoms with E-state index in [0.29, 0.717) is 6.04 Å². The Balaban J connectivity index is 1.96. The summed E-state index contributed by atoms with van der Waals surface area (Å²) in [5.41, 5.74) is 2.02. The third-order valence-electron chi connectivity index (χ3n) is 4.13. The van der Waals surface area contributed by atoms with E-state index in [1.54, 1.807) is 0 Å². The van der Waals surface area contributed by atoms with E-state index in [2.05, 4.69) is 39.5 Å². The highest BCUT2D eigenvalue weighted by molar-refractivity contribution is 7.71. The first-order chi connectivity index (χ1) is 9.56. The summed E-state index contributed by atoms with van der Waals surface area (Å²) in [5.74, 6) is 0. The number of benzene rings is 1. The minimum atomic E-state index is 0.471. The van der Waals surface area contributed by atoms with Crippen LogP contribution in [0.3, 0.4) is 0 Å². The minimum absolute atomic E-state index is 0.471. The number of rotatable bonds is 2. The maximum absolute atomic E-state index is 6.23. The summed E-state index contributed by atoms with van der Waals surface area (Å²) in [5, 5.41) is 0.724. The van der Waals surface area contributed by atoms with Crippen molar-refractivity contribution in [2.24, 2.45) is 0 Å². The van der Waals surface area contributed by atoms with E-state index in [-0.39, 0.29) is 0 Å². The second kappa shape index (κ2) is 5.48. The molecule has 3 rings (SSSR count). The number of aromatic nitrogens is 2. The molecular formula is C14H19ClN4S. The lowest BCUT2D eigenvalue weighted by atomic mass is 10.2. The quantitative estimate of drug-likeness (QED) is 0.864. The van der Waals surface area contributed by atoms with Crippen LogP contribution in [0.25, 0.3) is 11.0 Å². The van der Waals surface area contributed by atoms with E-state index >= 15 is 0 Å². The maximum Gasteiger partial charge on any atom is 0.178 e. The number of piperazine rings is 1. The first kappa shape index (κ1) is 14.1. The summed E-state index contributed by atoms with van der Waals surface area (Å²) in [6.07, 6.45) is 0. The number of nitrogens with one attached hydrogen (secondary N) is 1. The number of likely N-dealkylation sites (N-methyl/N-ethyl adjacent to an activating group) is 2. The van der Waals surface area contributed by atoms with E-state index in [0.717, 1.165) is 47.0 Å². The normalized spacial score (nSPS) is 21.6. The fraction of sp³-hybridized carbons (Fsp3) is 0.500. The zero-order valence-corrected chi connectivity index (χ0v) is 13.3. The Morgan fingerprint density at radius 3 is 2.95 bits per heavy atom. The highest BCUT2D eigenvalue weighted by Crippen LogP contribution is 2.23. The second-order valence-corrected chi connectivity index (χ2v) is 6.37. The van der Waals surface area contributed by atoms with E-state index in [9.17, 15) is 0 Å². The van der Waals surface area contributed by atoms with Crippen LogP contribution < -0.4 is 0 Å². The monoisotopic (exact) mass is 310 g/mol. The lowest BCUT2D eigenvalue weighted by Gasteiger charge is -2.37. The molecule has 20 heavy (non-hydrogen) atoms. The van der Waals surface area contributed by atoms with Gasteiger partial charge in [0.25, 0.3) is 0 Å². The van der Waals surface area contributed by atoms with Gasteiger partial charge < -0.3 is 14.5 Å². The van der Waals surface area contributed by atoms with Crippen molar-refractivity contribution < 1.29 is 0 Å². The molecule has 6 heteroatoms. The molecule has 0 radical (unpaired) electrons. The van der Waals surface area contributed by atoms with Crippen LogP contribution in [0.1, 0.15) is 0 Å². The largest absolute Gasteiger partial charge is 0.329 e. The Kier molecular flexibility index (Phi) is 3.86. The Morgan fingerprint density at radius 2 is 2.15 bits per heavy atom. The van der Waals surface area contributed by atoms with Crippen molar-refractivity contribution in [1.29, 1.82) is 0 Å². The molecule has 1 aromatic carbocycles. The average Bonchev–Trinajstić information content (AvgIpc) is 2.73. The SMILES string of the molecule is CN1CCN(C)C(Cn2c(=S)[nH]c3c(Cl)cccc32)C1. The maximum atomic E-state index is 6.23. The smallest absolute Gasteiger partial charge is 0.178 e. The van der Waals surface area contributed by atoms with Crippen molar-refractivity contribution in [3.05, 3.63) is 28.0 Å².